The van der Waals surface area contributed by atoms with E-state index in [0.717, 1.165) is 57.7 Å². The number of rotatable bonds is 6. The zero-order valence-corrected chi connectivity index (χ0v) is 19.9. The van der Waals surface area contributed by atoms with Gasteiger partial charge in [0.1, 0.15) is 4.60 Å². The fraction of sp³-hybridized carbons (Fsp3) is 0.435. The Kier molecular flexibility index (Phi) is 5.93. The highest BCUT2D eigenvalue weighted by molar-refractivity contribution is 9.10. The van der Waals surface area contributed by atoms with E-state index in [2.05, 4.69) is 36.6 Å². The number of halogens is 1. The van der Waals surface area contributed by atoms with E-state index in [-0.39, 0.29) is 5.91 Å². The van der Waals surface area contributed by atoms with Gasteiger partial charge in [-0.15, -0.1) is 0 Å². The normalized spacial score (nSPS) is 17.1. The van der Waals surface area contributed by atoms with Crippen molar-refractivity contribution in [3.05, 3.63) is 46.2 Å². The first-order valence-electron chi connectivity index (χ1n) is 10.9. The monoisotopic (exact) mass is 499 g/mol. The van der Waals surface area contributed by atoms with Crippen LogP contribution in [0.25, 0.3) is 16.9 Å². The lowest BCUT2D eigenvalue weighted by atomic mass is 10.0. The highest BCUT2D eigenvalue weighted by atomic mass is 79.9. The second-order valence-electron chi connectivity index (χ2n) is 8.47. The molecule has 2 aliphatic rings. The molecule has 5 rings (SSSR count). The molecule has 31 heavy (non-hydrogen) atoms. The number of aromatic nitrogens is 3. The van der Waals surface area contributed by atoms with E-state index < -0.39 is 0 Å². The van der Waals surface area contributed by atoms with E-state index in [0.29, 0.717) is 12.0 Å². The number of nitrogens with one attached hydrogen (secondary N) is 2. The molecule has 3 heterocycles. The summed E-state index contributed by atoms with van der Waals surface area (Å²) in [6.07, 6.45) is 6.55. The van der Waals surface area contributed by atoms with Gasteiger partial charge in [0.15, 0.2) is 5.65 Å². The Morgan fingerprint density at radius 1 is 1.23 bits per heavy atom. The quantitative estimate of drug-likeness (QED) is 0.503. The second-order valence-corrected chi connectivity index (χ2v) is 10.5. The van der Waals surface area contributed by atoms with Crippen LogP contribution in [0.1, 0.15) is 41.6 Å². The molecule has 0 bridgehead atoms. The van der Waals surface area contributed by atoms with Crippen molar-refractivity contribution in [2.75, 3.05) is 23.4 Å². The first kappa shape index (κ1) is 20.8. The summed E-state index contributed by atoms with van der Waals surface area (Å²) in [6, 6.07) is 8.28. The summed E-state index contributed by atoms with van der Waals surface area (Å²) in [5.41, 5.74) is 5.39. The Morgan fingerprint density at radius 3 is 2.77 bits per heavy atom. The zero-order chi connectivity index (χ0) is 21.4. The molecule has 1 aliphatic heterocycles. The van der Waals surface area contributed by atoms with Gasteiger partial charge in [0.05, 0.1) is 17.6 Å². The van der Waals surface area contributed by atoms with Gasteiger partial charge in [0.25, 0.3) is 5.91 Å². The summed E-state index contributed by atoms with van der Waals surface area (Å²) in [6.45, 7) is 2.94. The summed E-state index contributed by atoms with van der Waals surface area (Å²) >= 11 is 5.61. The third-order valence-electron chi connectivity index (χ3n) is 6.04. The Labute approximate surface area is 194 Å². The van der Waals surface area contributed by atoms with E-state index in [9.17, 15) is 4.79 Å². The van der Waals surface area contributed by atoms with Crippen LogP contribution < -0.4 is 10.6 Å². The molecule has 1 saturated carbocycles. The average Bonchev–Trinajstić information content (AvgIpc) is 3.48. The van der Waals surface area contributed by atoms with Crippen LogP contribution in [0.15, 0.2) is 35.1 Å². The molecule has 0 atom stereocenters. The van der Waals surface area contributed by atoms with Crippen LogP contribution in [0.4, 0.5) is 5.69 Å². The molecule has 1 amide bonds. The van der Waals surface area contributed by atoms with E-state index in [1.807, 2.05) is 53.7 Å². The molecule has 0 spiro atoms. The van der Waals surface area contributed by atoms with Crippen LogP contribution in [0.2, 0.25) is 0 Å². The number of anilines is 1. The van der Waals surface area contributed by atoms with Gasteiger partial charge in [-0.2, -0.15) is 16.9 Å². The second kappa shape index (κ2) is 8.82. The Hall–Kier alpha value is -2.06. The molecule has 1 aliphatic carbocycles. The molecule has 1 saturated heterocycles. The third-order valence-corrected chi connectivity index (χ3v) is 7.48. The predicted octanol–water partition coefficient (Wildman–Crippen LogP) is 4.91. The molecule has 162 valence electrons. The number of carbonyl (C=O) groups is 1. The lowest BCUT2D eigenvalue weighted by Crippen LogP contribution is -2.26. The van der Waals surface area contributed by atoms with Crippen molar-refractivity contribution in [2.45, 2.75) is 38.6 Å². The fourth-order valence-corrected chi connectivity index (χ4v) is 5.63. The smallest absolute Gasteiger partial charge is 0.251 e. The number of fused-ring (bicyclic) bond motifs is 1. The molecular weight excluding hydrogens is 474 g/mol. The standard InChI is InChI=1S/C23H26BrN5OS/c1-14-10-16(2-5-18(14)23(30)27-17-3-4-17)20-13-26-22-19(11-21(24)28-29(20)22)25-12-15-6-8-31-9-7-15/h2,5,10-11,13,15,17,25H,3-4,6-9,12H2,1H3,(H,27,30). The van der Waals surface area contributed by atoms with Crippen LogP contribution in [0.3, 0.4) is 0 Å². The van der Waals surface area contributed by atoms with Crippen LogP contribution >= 0.6 is 27.7 Å². The minimum Gasteiger partial charge on any atom is -0.382 e. The van der Waals surface area contributed by atoms with Crippen molar-refractivity contribution in [1.29, 1.82) is 0 Å². The van der Waals surface area contributed by atoms with E-state index in [1.54, 1.807) is 0 Å². The zero-order valence-electron chi connectivity index (χ0n) is 17.5. The molecule has 2 fully saturated rings. The van der Waals surface area contributed by atoms with Gasteiger partial charge in [-0.05, 0) is 89.7 Å². The Morgan fingerprint density at radius 2 is 2.03 bits per heavy atom. The van der Waals surface area contributed by atoms with Crippen LogP contribution in [-0.4, -0.2) is 44.6 Å². The minimum absolute atomic E-state index is 0.0122. The van der Waals surface area contributed by atoms with Crippen molar-refractivity contribution in [2.24, 2.45) is 5.92 Å². The summed E-state index contributed by atoms with van der Waals surface area (Å²) in [5.74, 6) is 3.23. The number of nitrogens with zero attached hydrogens (tertiary/aromatic N) is 3. The van der Waals surface area contributed by atoms with Gasteiger partial charge in [-0.25, -0.2) is 9.50 Å². The van der Waals surface area contributed by atoms with Crippen LogP contribution in [-0.2, 0) is 0 Å². The van der Waals surface area contributed by atoms with Gasteiger partial charge < -0.3 is 10.6 Å². The molecule has 2 aromatic heterocycles. The molecule has 2 N–H and O–H groups in total. The largest absolute Gasteiger partial charge is 0.382 e. The lowest BCUT2D eigenvalue weighted by Gasteiger charge is -2.22. The minimum atomic E-state index is 0.0122. The SMILES string of the molecule is Cc1cc(-c2cnc3c(NCC4CCSCC4)cc(Br)nn23)ccc1C(=O)NC1CC1. The fourth-order valence-electron chi connectivity index (χ4n) is 4.04. The van der Waals surface area contributed by atoms with Crippen LogP contribution in [0.5, 0.6) is 0 Å². The summed E-state index contributed by atoms with van der Waals surface area (Å²) < 4.78 is 2.64. The Balaban J connectivity index is 1.41. The van der Waals surface area contributed by atoms with Crippen molar-refractivity contribution >= 4 is 44.9 Å². The number of benzene rings is 1. The number of thioether (sulfide) groups is 1. The molecule has 8 heteroatoms. The number of carbonyl (C=O) groups excluding carboxylic acids is 1. The van der Waals surface area contributed by atoms with Gasteiger partial charge in [-0.3, -0.25) is 4.79 Å². The molecular formula is C23H26BrN5OS. The number of imidazole rings is 1. The number of aryl methyl sites for hydroxylation is 1. The molecule has 0 unspecified atom stereocenters. The topological polar surface area (TPSA) is 71.3 Å². The number of amides is 1. The van der Waals surface area contributed by atoms with E-state index in [1.165, 1.54) is 24.3 Å². The average molecular weight is 500 g/mol. The maximum atomic E-state index is 12.5. The third kappa shape index (κ3) is 4.60. The van der Waals surface area contributed by atoms with Gasteiger partial charge in [0, 0.05) is 23.7 Å². The summed E-state index contributed by atoms with van der Waals surface area (Å²) in [7, 11) is 0. The molecule has 1 aromatic carbocycles. The van der Waals surface area contributed by atoms with Crippen molar-refractivity contribution < 1.29 is 4.79 Å². The summed E-state index contributed by atoms with van der Waals surface area (Å²) in [4.78, 5) is 17.1. The van der Waals surface area contributed by atoms with Gasteiger partial charge >= 0.3 is 0 Å². The van der Waals surface area contributed by atoms with E-state index >= 15 is 0 Å². The highest BCUT2D eigenvalue weighted by Gasteiger charge is 2.24. The first-order chi connectivity index (χ1) is 15.1. The van der Waals surface area contributed by atoms with Crippen LogP contribution in [0, 0.1) is 12.8 Å². The van der Waals surface area contributed by atoms with Crippen molar-refractivity contribution in [1.82, 2.24) is 19.9 Å². The lowest BCUT2D eigenvalue weighted by molar-refractivity contribution is 0.0950. The van der Waals surface area contributed by atoms with Crippen molar-refractivity contribution in [3.63, 3.8) is 0 Å². The number of hydrogen-bond donors (Lipinski definition) is 2. The molecule has 6 nitrogen and oxygen atoms in total. The maximum absolute atomic E-state index is 12.5. The van der Waals surface area contributed by atoms with Crippen molar-refractivity contribution in [3.8, 4) is 11.3 Å². The first-order valence-corrected chi connectivity index (χ1v) is 12.8. The maximum Gasteiger partial charge on any atom is 0.251 e. The summed E-state index contributed by atoms with van der Waals surface area (Å²) in [5, 5.41) is 11.3. The van der Waals surface area contributed by atoms with Gasteiger partial charge in [-0.1, -0.05) is 6.07 Å². The number of hydrogen-bond acceptors (Lipinski definition) is 5. The Bertz CT molecular complexity index is 1120. The van der Waals surface area contributed by atoms with E-state index in [4.69, 9.17) is 0 Å². The molecule has 0 radical (unpaired) electrons. The highest BCUT2D eigenvalue weighted by Crippen LogP contribution is 2.29. The molecule has 3 aromatic rings. The predicted molar refractivity (Wildman–Crippen MR) is 130 cm³/mol. The van der Waals surface area contributed by atoms with Gasteiger partial charge in [0.2, 0.25) is 0 Å².